The molecule has 116 valence electrons. The highest BCUT2D eigenvalue weighted by atomic mass is 15.1. The van der Waals surface area contributed by atoms with Crippen molar-refractivity contribution in [2.24, 2.45) is 17.4 Å². The third kappa shape index (κ3) is 3.66. The molecule has 0 bridgehead atoms. The second kappa shape index (κ2) is 6.80. The molecule has 0 aliphatic carbocycles. The van der Waals surface area contributed by atoms with Gasteiger partial charge in [0.05, 0.1) is 22.9 Å². The molecule has 0 amide bonds. The van der Waals surface area contributed by atoms with Crippen LogP contribution in [0, 0.1) is 5.92 Å². The van der Waals surface area contributed by atoms with E-state index in [0.29, 0.717) is 17.6 Å². The monoisotopic (exact) mass is 298 g/mol. The SMILES string of the molecule is CNc1cnc2ccc(N/C(N)=C/C(=C\N)C(C)C)nc2c1. The molecule has 0 aliphatic rings. The van der Waals surface area contributed by atoms with Gasteiger partial charge in [-0.1, -0.05) is 13.8 Å². The summed E-state index contributed by atoms with van der Waals surface area (Å²) in [5, 5.41) is 6.12. The van der Waals surface area contributed by atoms with E-state index in [1.165, 1.54) is 0 Å². The van der Waals surface area contributed by atoms with Crippen LogP contribution in [0.1, 0.15) is 13.8 Å². The van der Waals surface area contributed by atoms with Crippen LogP contribution in [0.2, 0.25) is 0 Å². The lowest BCUT2D eigenvalue weighted by Crippen LogP contribution is -2.11. The number of anilines is 2. The highest BCUT2D eigenvalue weighted by molar-refractivity contribution is 5.79. The summed E-state index contributed by atoms with van der Waals surface area (Å²) in [5.74, 6) is 1.46. The van der Waals surface area contributed by atoms with Crippen LogP contribution in [-0.4, -0.2) is 17.0 Å². The maximum atomic E-state index is 6.01. The van der Waals surface area contributed by atoms with Crippen LogP contribution in [-0.2, 0) is 0 Å². The standard InChI is InChI=1S/C16H22N6/c1-10(2)11(8-17)6-15(18)22-16-5-4-13-14(21-16)7-12(19-3)9-20-13/h4-10,19H,17-18H2,1-3H3,(H,21,22)/b11-8+,15-6+. The Morgan fingerprint density at radius 2 is 2.05 bits per heavy atom. The zero-order valence-corrected chi connectivity index (χ0v) is 13.1. The van der Waals surface area contributed by atoms with Gasteiger partial charge in [-0.05, 0) is 42.0 Å². The third-order valence-corrected chi connectivity index (χ3v) is 3.28. The Balaban J connectivity index is 2.26. The van der Waals surface area contributed by atoms with E-state index >= 15 is 0 Å². The molecule has 0 unspecified atom stereocenters. The molecule has 0 aliphatic heterocycles. The summed E-state index contributed by atoms with van der Waals surface area (Å²) in [5.41, 5.74) is 15.1. The van der Waals surface area contributed by atoms with Crippen molar-refractivity contribution in [1.82, 2.24) is 9.97 Å². The minimum atomic E-state index is 0.303. The third-order valence-electron chi connectivity index (χ3n) is 3.28. The van der Waals surface area contributed by atoms with Crippen LogP contribution < -0.4 is 22.1 Å². The predicted molar refractivity (Wildman–Crippen MR) is 92.1 cm³/mol. The number of nitrogens with zero attached hydrogens (tertiary/aromatic N) is 2. The Kier molecular flexibility index (Phi) is 4.83. The summed E-state index contributed by atoms with van der Waals surface area (Å²) in [6, 6.07) is 5.68. The smallest absolute Gasteiger partial charge is 0.132 e. The van der Waals surface area contributed by atoms with Gasteiger partial charge in [-0.2, -0.15) is 0 Å². The van der Waals surface area contributed by atoms with Gasteiger partial charge in [-0.25, -0.2) is 4.98 Å². The Bertz CT molecular complexity index is 718. The van der Waals surface area contributed by atoms with Crippen molar-refractivity contribution >= 4 is 22.5 Å². The molecule has 0 aromatic carbocycles. The number of nitrogens with one attached hydrogen (secondary N) is 2. The van der Waals surface area contributed by atoms with Gasteiger partial charge < -0.3 is 22.1 Å². The summed E-state index contributed by atoms with van der Waals surface area (Å²) < 4.78 is 0. The molecule has 0 atom stereocenters. The number of pyridine rings is 2. The van der Waals surface area contributed by atoms with Gasteiger partial charge in [0, 0.05) is 7.05 Å². The van der Waals surface area contributed by atoms with Gasteiger partial charge in [0.25, 0.3) is 0 Å². The summed E-state index contributed by atoms with van der Waals surface area (Å²) in [6.45, 7) is 4.11. The summed E-state index contributed by atoms with van der Waals surface area (Å²) >= 11 is 0. The van der Waals surface area contributed by atoms with Crippen LogP contribution >= 0.6 is 0 Å². The van der Waals surface area contributed by atoms with E-state index in [-0.39, 0.29) is 0 Å². The van der Waals surface area contributed by atoms with Crippen LogP contribution in [0.15, 0.2) is 48.1 Å². The van der Waals surface area contributed by atoms with Crippen LogP contribution in [0.25, 0.3) is 11.0 Å². The predicted octanol–water partition coefficient (Wildman–Crippen LogP) is 2.38. The maximum Gasteiger partial charge on any atom is 0.132 e. The summed E-state index contributed by atoms with van der Waals surface area (Å²) in [7, 11) is 1.85. The Labute approximate surface area is 130 Å². The Morgan fingerprint density at radius 3 is 2.68 bits per heavy atom. The molecule has 2 heterocycles. The molecule has 2 rings (SSSR count). The average Bonchev–Trinajstić information content (AvgIpc) is 2.51. The topological polar surface area (TPSA) is 102 Å². The first-order valence-corrected chi connectivity index (χ1v) is 7.14. The van der Waals surface area contributed by atoms with Crippen molar-refractivity contribution < 1.29 is 0 Å². The van der Waals surface area contributed by atoms with E-state index in [2.05, 4.69) is 34.4 Å². The molecule has 22 heavy (non-hydrogen) atoms. The minimum Gasteiger partial charge on any atom is -0.404 e. The first-order valence-electron chi connectivity index (χ1n) is 7.14. The van der Waals surface area contributed by atoms with E-state index in [0.717, 1.165) is 22.3 Å². The highest BCUT2D eigenvalue weighted by Gasteiger charge is 2.04. The second-order valence-electron chi connectivity index (χ2n) is 5.25. The zero-order valence-electron chi connectivity index (χ0n) is 13.1. The average molecular weight is 298 g/mol. The van der Waals surface area contributed by atoms with Gasteiger partial charge >= 0.3 is 0 Å². The molecule has 2 aromatic rings. The Hall–Kier alpha value is -2.76. The van der Waals surface area contributed by atoms with Gasteiger partial charge in [-0.15, -0.1) is 0 Å². The van der Waals surface area contributed by atoms with Crippen LogP contribution in [0.3, 0.4) is 0 Å². The number of hydrogen-bond acceptors (Lipinski definition) is 6. The molecule has 0 saturated carbocycles. The van der Waals surface area contributed by atoms with Crippen molar-refractivity contribution in [3.8, 4) is 0 Å². The van der Waals surface area contributed by atoms with Gasteiger partial charge in [-0.3, -0.25) is 4.98 Å². The van der Waals surface area contributed by atoms with Crippen LogP contribution in [0.4, 0.5) is 11.5 Å². The molecule has 0 fully saturated rings. The fourth-order valence-corrected chi connectivity index (χ4v) is 1.98. The van der Waals surface area contributed by atoms with Gasteiger partial charge in [0.1, 0.15) is 11.6 Å². The fourth-order valence-electron chi connectivity index (χ4n) is 1.98. The van der Waals surface area contributed by atoms with E-state index in [1.807, 2.05) is 31.3 Å². The van der Waals surface area contributed by atoms with Crippen molar-refractivity contribution in [2.75, 3.05) is 17.7 Å². The zero-order chi connectivity index (χ0) is 16.1. The number of rotatable bonds is 5. The number of nitrogens with two attached hydrogens (primary N) is 2. The van der Waals surface area contributed by atoms with E-state index in [9.17, 15) is 0 Å². The van der Waals surface area contributed by atoms with Gasteiger partial charge in [0.2, 0.25) is 0 Å². The quantitative estimate of drug-likeness (QED) is 0.632. The molecule has 6 nitrogen and oxygen atoms in total. The van der Waals surface area contributed by atoms with Crippen molar-refractivity contribution in [2.45, 2.75) is 13.8 Å². The normalized spacial score (nSPS) is 12.7. The summed E-state index contributed by atoms with van der Waals surface area (Å²) in [4.78, 5) is 8.85. The number of aromatic nitrogens is 2. The van der Waals surface area contributed by atoms with Crippen molar-refractivity contribution in [1.29, 1.82) is 0 Å². The highest BCUT2D eigenvalue weighted by Crippen LogP contribution is 2.18. The van der Waals surface area contributed by atoms with E-state index in [4.69, 9.17) is 11.5 Å². The van der Waals surface area contributed by atoms with Crippen molar-refractivity contribution in [3.63, 3.8) is 0 Å². The van der Waals surface area contributed by atoms with Gasteiger partial charge in [0.15, 0.2) is 0 Å². The number of allylic oxidation sites excluding steroid dienone is 2. The molecule has 0 spiro atoms. The first-order chi connectivity index (χ1) is 10.5. The molecule has 2 aromatic heterocycles. The summed E-state index contributed by atoms with van der Waals surface area (Å²) in [6.07, 6.45) is 5.15. The second-order valence-corrected chi connectivity index (χ2v) is 5.25. The van der Waals surface area contributed by atoms with Crippen LogP contribution in [0.5, 0.6) is 0 Å². The first kappa shape index (κ1) is 15.6. The lowest BCUT2D eigenvalue weighted by atomic mass is 10.0. The lowest BCUT2D eigenvalue weighted by Gasteiger charge is -2.10. The van der Waals surface area contributed by atoms with E-state index < -0.39 is 0 Å². The molecule has 0 saturated heterocycles. The molecule has 6 N–H and O–H groups in total. The number of fused-ring (bicyclic) bond motifs is 1. The minimum absolute atomic E-state index is 0.303. The largest absolute Gasteiger partial charge is 0.404 e. The van der Waals surface area contributed by atoms with Crippen molar-refractivity contribution in [3.05, 3.63) is 48.1 Å². The molecule has 6 heteroatoms. The van der Waals surface area contributed by atoms with E-state index in [1.54, 1.807) is 12.4 Å². The fraction of sp³-hybridized carbons (Fsp3) is 0.250. The number of hydrogen-bond donors (Lipinski definition) is 4. The molecular formula is C16H22N6. The lowest BCUT2D eigenvalue weighted by molar-refractivity contribution is 0.786. The molecule has 0 radical (unpaired) electrons. The maximum absolute atomic E-state index is 6.01. The molecular weight excluding hydrogens is 276 g/mol. The Morgan fingerprint density at radius 1 is 1.27 bits per heavy atom.